The minimum atomic E-state index is -0.445. The molecule has 0 radical (unpaired) electrons. The van der Waals surface area contributed by atoms with Gasteiger partial charge in [-0.1, -0.05) is 23.7 Å². The summed E-state index contributed by atoms with van der Waals surface area (Å²) in [7, 11) is 1.62. The zero-order valence-corrected chi connectivity index (χ0v) is 13.5. The summed E-state index contributed by atoms with van der Waals surface area (Å²) in [5.74, 6) is 0.180. The van der Waals surface area contributed by atoms with Gasteiger partial charge in [0, 0.05) is 6.54 Å². The molecular formula is C18H17ClFNO2. The summed E-state index contributed by atoms with van der Waals surface area (Å²) >= 11 is 6.03. The van der Waals surface area contributed by atoms with Gasteiger partial charge >= 0.3 is 0 Å². The quantitative estimate of drug-likeness (QED) is 0.829. The van der Waals surface area contributed by atoms with Crippen LogP contribution in [0, 0.1) is 5.82 Å². The lowest BCUT2D eigenvalue weighted by molar-refractivity contribution is 0.0736. The second-order valence-electron chi connectivity index (χ2n) is 5.55. The van der Waals surface area contributed by atoms with E-state index in [0.717, 1.165) is 24.2 Å². The fourth-order valence-electron chi connectivity index (χ4n) is 3.00. The van der Waals surface area contributed by atoms with Crippen LogP contribution in [0.1, 0.15) is 34.8 Å². The molecule has 0 bridgehead atoms. The first-order valence-corrected chi connectivity index (χ1v) is 7.88. The van der Waals surface area contributed by atoms with Gasteiger partial charge in [-0.25, -0.2) is 4.39 Å². The molecule has 3 rings (SSSR count). The van der Waals surface area contributed by atoms with Crippen LogP contribution in [0.25, 0.3) is 0 Å². The largest absolute Gasteiger partial charge is 0.497 e. The van der Waals surface area contributed by atoms with Gasteiger partial charge in [-0.15, -0.1) is 0 Å². The van der Waals surface area contributed by atoms with Crippen LogP contribution in [0.2, 0.25) is 5.02 Å². The van der Waals surface area contributed by atoms with E-state index in [2.05, 4.69) is 0 Å². The monoisotopic (exact) mass is 333 g/mol. The van der Waals surface area contributed by atoms with E-state index in [1.807, 2.05) is 24.3 Å². The third-order valence-electron chi connectivity index (χ3n) is 4.18. The van der Waals surface area contributed by atoms with Gasteiger partial charge in [0.1, 0.15) is 11.6 Å². The number of amides is 1. The van der Waals surface area contributed by atoms with E-state index < -0.39 is 5.82 Å². The van der Waals surface area contributed by atoms with E-state index in [9.17, 15) is 9.18 Å². The SMILES string of the molecule is COc1ccc(C2CCCN2C(=O)c2ccc(F)cc2Cl)cc1. The molecule has 1 heterocycles. The number of likely N-dealkylation sites (tertiary alicyclic amines) is 1. The highest BCUT2D eigenvalue weighted by atomic mass is 35.5. The predicted octanol–water partition coefficient (Wildman–Crippen LogP) is 4.47. The molecule has 120 valence electrons. The molecule has 0 spiro atoms. The molecule has 23 heavy (non-hydrogen) atoms. The van der Waals surface area contributed by atoms with E-state index in [1.54, 1.807) is 12.0 Å². The maximum absolute atomic E-state index is 13.2. The van der Waals surface area contributed by atoms with Crippen molar-refractivity contribution in [3.05, 3.63) is 64.4 Å². The second-order valence-corrected chi connectivity index (χ2v) is 5.96. The van der Waals surface area contributed by atoms with Crippen LogP contribution in [-0.2, 0) is 0 Å². The molecule has 1 aliphatic rings. The molecular weight excluding hydrogens is 317 g/mol. The molecule has 0 N–H and O–H groups in total. The van der Waals surface area contributed by atoms with Crippen LogP contribution in [0.3, 0.4) is 0 Å². The van der Waals surface area contributed by atoms with Crippen LogP contribution >= 0.6 is 11.6 Å². The predicted molar refractivity (Wildman–Crippen MR) is 87.4 cm³/mol. The molecule has 3 nitrogen and oxygen atoms in total. The van der Waals surface area contributed by atoms with Gasteiger partial charge in [-0.3, -0.25) is 4.79 Å². The normalized spacial score (nSPS) is 17.3. The van der Waals surface area contributed by atoms with Crippen molar-refractivity contribution in [3.8, 4) is 5.75 Å². The van der Waals surface area contributed by atoms with Gasteiger partial charge in [-0.2, -0.15) is 0 Å². The van der Waals surface area contributed by atoms with E-state index in [-0.39, 0.29) is 17.0 Å². The van der Waals surface area contributed by atoms with Crippen molar-refractivity contribution in [2.24, 2.45) is 0 Å². The van der Waals surface area contributed by atoms with Gasteiger partial charge in [0.25, 0.3) is 5.91 Å². The Morgan fingerprint density at radius 2 is 2.00 bits per heavy atom. The Balaban J connectivity index is 1.86. The standard InChI is InChI=1S/C18H17ClFNO2/c1-23-14-7-4-12(5-8-14)17-3-2-10-21(17)18(22)15-9-6-13(20)11-16(15)19/h4-9,11,17H,2-3,10H2,1H3. The van der Waals surface area contributed by atoms with Gasteiger partial charge in [-0.05, 0) is 48.7 Å². The zero-order valence-electron chi connectivity index (χ0n) is 12.8. The topological polar surface area (TPSA) is 29.5 Å². The number of carbonyl (C=O) groups excluding carboxylic acids is 1. The summed E-state index contributed by atoms with van der Waals surface area (Å²) in [6.07, 6.45) is 1.83. The summed E-state index contributed by atoms with van der Waals surface area (Å²) in [6, 6.07) is 11.6. The summed E-state index contributed by atoms with van der Waals surface area (Å²) in [5, 5.41) is 0.149. The molecule has 2 aromatic rings. The summed E-state index contributed by atoms with van der Waals surface area (Å²) < 4.78 is 18.3. The number of carbonyl (C=O) groups is 1. The molecule has 1 atom stereocenters. The van der Waals surface area contributed by atoms with Crippen LogP contribution < -0.4 is 4.74 Å². The lowest BCUT2D eigenvalue weighted by Crippen LogP contribution is -2.30. The van der Waals surface area contributed by atoms with Gasteiger partial charge in [0.2, 0.25) is 0 Å². The van der Waals surface area contributed by atoms with Crippen LogP contribution in [-0.4, -0.2) is 24.5 Å². The number of methoxy groups -OCH3 is 1. The van der Waals surface area contributed by atoms with Crippen molar-refractivity contribution < 1.29 is 13.9 Å². The minimum Gasteiger partial charge on any atom is -0.497 e. The Kier molecular flexibility index (Phi) is 4.53. The number of benzene rings is 2. The van der Waals surface area contributed by atoms with Crippen molar-refractivity contribution >= 4 is 17.5 Å². The van der Waals surface area contributed by atoms with Gasteiger partial charge < -0.3 is 9.64 Å². The Morgan fingerprint density at radius 1 is 1.26 bits per heavy atom. The molecule has 1 fully saturated rings. The number of nitrogens with zero attached hydrogens (tertiary/aromatic N) is 1. The zero-order chi connectivity index (χ0) is 16.4. The van der Waals surface area contributed by atoms with Crippen molar-refractivity contribution in [2.45, 2.75) is 18.9 Å². The molecule has 1 unspecified atom stereocenters. The average Bonchev–Trinajstić information content (AvgIpc) is 3.04. The van der Waals surface area contributed by atoms with Gasteiger partial charge in [0.05, 0.1) is 23.7 Å². The first-order chi connectivity index (χ1) is 11.1. The molecule has 0 saturated carbocycles. The number of halogens is 2. The highest BCUT2D eigenvalue weighted by Crippen LogP contribution is 2.34. The third-order valence-corrected chi connectivity index (χ3v) is 4.49. The molecule has 0 aliphatic carbocycles. The smallest absolute Gasteiger partial charge is 0.255 e. The average molecular weight is 334 g/mol. The van der Waals surface area contributed by atoms with Crippen molar-refractivity contribution in [3.63, 3.8) is 0 Å². The summed E-state index contributed by atoms with van der Waals surface area (Å²) in [5.41, 5.74) is 1.41. The Hall–Kier alpha value is -2.07. The Labute approximate surface area is 139 Å². The highest BCUT2D eigenvalue weighted by molar-refractivity contribution is 6.33. The van der Waals surface area contributed by atoms with Crippen LogP contribution in [0.4, 0.5) is 4.39 Å². The van der Waals surface area contributed by atoms with Crippen molar-refractivity contribution in [2.75, 3.05) is 13.7 Å². The van der Waals surface area contributed by atoms with Crippen LogP contribution in [0.15, 0.2) is 42.5 Å². The number of rotatable bonds is 3. The maximum atomic E-state index is 13.2. The lowest BCUT2D eigenvalue weighted by atomic mass is 10.0. The van der Waals surface area contributed by atoms with E-state index in [1.165, 1.54) is 18.2 Å². The van der Waals surface area contributed by atoms with Gasteiger partial charge in [0.15, 0.2) is 0 Å². The van der Waals surface area contributed by atoms with Crippen LogP contribution in [0.5, 0.6) is 5.75 Å². The Morgan fingerprint density at radius 3 is 2.65 bits per heavy atom. The van der Waals surface area contributed by atoms with E-state index in [4.69, 9.17) is 16.3 Å². The molecule has 5 heteroatoms. The fourth-order valence-corrected chi connectivity index (χ4v) is 3.25. The molecule has 1 amide bonds. The summed E-state index contributed by atoms with van der Waals surface area (Å²) in [6.45, 7) is 0.670. The van der Waals surface area contributed by atoms with Crippen molar-refractivity contribution in [1.29, 1.82) is 0 Å². The number of hydrogen-bond donors (Lipinski definition) is 0. The van der Waals surface area contributed by atoms with E-state index >= 15 is 0 Å². The van der Waals surface area contributed by atoms with E-state index in [0.29, 0.717) is 12.1 Å². The lowest BCUT2D eigenvalue weighted by Gasteiger charge is -2.25. The second kappa shape index (κ2) is 6.59. The maximum Gasteiger partial charge on any atom is 0.255 e. The summed E-state index contributed by atoms with van der Waals surface area (Å²) in [4.78, 5) is 14.6. The molecule has 2 aromatic carbocycles. The Bertz CT molecular complexity index is 717. The minimum absolute atomic E-state index is 0.00882. The number of hydrogen-bond acceptors (Lipinski definition) is 2. The third kappa shape index (κ3) is 3.17. The first kappa shape index (κ1) is 15.8. The molecule has 1 saturated heterocycles. The number of ether oxygens (including phenoxy) is 1. The first-order valence-electron chi connectivity index (χ1n) is 7.50. The van der Waals surface area contributed by atoms with Crippen molar-refractivity contribution in [1.82, 2.24) is 4.90 Å². The fraction of sp³-hybridized carbons (Fsp3) is 0.278. The highest BCUT2D eigenvalue weighted by Gasteiger charge is 2.31. The molecule has 1 aliphatic heterocycles. The molecule has 0 aromatic heterocycles.